The predicted molar refractivity (Wildman–Crippen MR) is 185 cm³/mol. The Morgan fingerprint density at radius 2 is 0.619 bits per heavy atom. The zero-order valence-electron chi connectivity index (χ0n) is 28.7. The van der Waals surface area contributed by atoms with Gasteiger partial charge in [0.25, 0.3) is 0 Å². The van der Waals surface area contributed by atoms with E-state index in [0.717, 1.165) is 25.7 Å². The molecule has 0 radical (unpaired) electrons. The molecule has 4 nitrogen and oxygen atoms in total. The van der Waals surface area contributed by atoms with Crippen molar-refractivity contribution in [2.75, 3.05) is 6.61 Å². The minimum Gasteiger partial charge on any atom is -0.264 e. The van der Waals surface area contributed by atoms with Crippen LogP contribution < -0.4 is 0 Å². The Morgan fingerprint density at radius 1 is 0.405 bits per heavy atom. The molecule has 1 atom stereocenters. The molecule has 0 heterocycles. The van der Waals surface area contributed by atoms with E-state index in [1.165, 1.54) is 186 Å². The van der Waals surface area contributed by atoms with Gasteiger partial charge in [0, 0.05) is 0 Å². The summed E-state index contributed by atoms with van der Waals surface area (Å²) in [6.45, 7) is 4.69. The van der Waals surface area contributed by atoms with E-state index in [4.69, 9.17) is 8.74 Å². The normalized spacial score (nSPS) is 12.7. The second-order valence-electron chi connectivity index (χ2n) is 13.4. The Bertz CT molecular complexity index is 607. The summed E-state index contributed by atoms with van der Waals surface area (Å²) in [6, 6.07) is 0. The first-order valence-electron chi connectivity index (χ1n) is 19.1. The van der Waals surface area contributed by atoms with Gasteiger partial charge in [-0.05, 0) is 18.8 Å². The van der Waals surface area contributed by atoms with Crippen LogP contribution >= 0.6 is 0 Å². The van der Waals surface area contributed by atoms with E-state index in [2.05, 4.69) is 13.8 Å². The fourth-order valence-electron chi connectivity index (χ4n) is 6.28. The molecule has 0 aromatic heterocycles. The Morgan fingerprint density at radius 3 is 0.833 bits per heavy atom. The zero-order chi connectivity index (χ0) is 30.8. The van der Waals surface area contributed by atoms with Crippen LogP contribution in [-0.4, -0.2) is 19.6 Å². The van der Waals surface area contributed by atoms with Crippen LogP contribution in [0.15, 0.2) is 0 Å². The van der Waals surface area contributed by atoms with Crippen LogP contribution in [0.2, 0.25) is 0 Å². The van der Waals surface area contributed by atoms with Gasteiger partial charge in [0.2, 0.25) is 0 Å². The van der Waals surface area contributed by atoms with Crippen molar-refractivity contribution in [3.63, 3.8) is 0 Å². The molecule has 0 aliphatic carbocycles. The van der Waals surface area contributed by atoms with E-state index in [1.807, 2.05) is 0 Å². The Balaban J connectivity index is 3.60. The van der Waals surface area contributed by atoms with Crippen molar-refractivity contribution in [3.8, 4) is 0 Å². The number of unbranched alkanes of at least 4 members (excludes halogenated alkanes) is 29. The molecule has 42 heavy (non-hydrogen) atoms. The maximum atomic E-state index is 11.1. The summed E-state index contributed by atoms with van der Waals surface area (Å²) in [7, 11) is -4.34. The largest absolute Gasteiger partial charge is 0.397 e. The van der Waals surface area contributed by atoms with Crippen LogP contribution in [-0.2, 0) is 14.6 Å². The van der Waals surface area contributed by atoms with Crippen LogP contribution in [0.5, 0.6) is 0 Å². The van der Waals surface area contributed by atoms with Gasteiger partial charge < -0.3 is 0 Å². The fraction of sp³-hybridized carbons (Fsp3) is 1.00. The van der Waals surface area contributed by atoms with Crippen LogP contribution in [0.4, 0.5) is 0 Å². The lowest BCUT2D eigenvalue weighted by Gasteiger charge is -2.16. The number of rotatable bonds is 36. The van der Waals surface area contributed by atoms with Gasteiger partial charge in [-0.25, -0.2) is 4.18 Å². The van der Waals surface area contributed by atoms with Crippen LogP contribution in [0.3, 0.4) is 0 Å². The molecule has 0 aliphatic heterocycles. The van der Waals surface area contributed by atoms with E-state index < -0.39 is 10.4 Å². The van der Waals surface area contributed by atoms with Crippen LogP contribution in [0.25, 0.3) is 0 Å². The molecule has 0 aliphatic rings. The van der Waals surface area contributed by atoms with Crippen molar-refractivity contribution in [1.29, 1.82) is 0 Å². The SMILES string of the molecule is CCCCCCCCCCCCCCCCCCCCCCC(CCCCCCCCCCCCC)COS(=O)(=O)O. The monoisotopic (exact) mass is 617 g/mol. The second-order valence-corrected chi connectivity index (χ2v) is 14.5. The van der Waals surface area contributed by atoms with E-state index in [9.17, 15) is 8.42 Å². The highest BCUT2D eigenvalue weighted by atomic mass is 32.3. The molecule has 0 rings (SSSR count). The number of hydrogen-bond acceptors (Lipinski definition) is 3. The lowest BCUT2D eigenvalue weighted by Crippen LogP contribution is -2.14. The van der Waals surface area contributed by atoms with E-state index >= 15 is 0 Å². The lowest BCUT2D eigenvalue weighted by atomic mass is 9.94. The second kappa shape index (κ2) is 33.8. The molecule has 0 fully saturated rings. The molecule has 0 saturated heterocycles. The summed E-state index contributed by atoms with van der Waals surface area (Å²) in [5.41, 5.74) is 0. The third-order valence-corrected chi connectivity index (χ3v) is 9.57. The van der Waals surface area contributed by atoms with Gasteiger partial charge in [-0.15, -0.1) is 0 Å². The molecule has 0 aromatic carbocycles. The summed E-state index contributed by atoms with van der Waals surface area (Å²) in [4.78, 5) is 0. The maximum absolute atomic E-state index is 11.1. The third-order valence-electron chi connectivity index (χ3n) is 9.13. The van der Waals surface area contributed by atoms with Crippen molar-refractivity contribution in [1.82, 2.24) is 0 Å². The van der Waals surface area contributed by atoms with Gasteiger partial charge >= 0.3 is 10.4 Å². The summed E-state index contributed by atoms with van der Waals surface area (Å²) >= 11 is 0. The summed E-state index contributed by atoms with van der Waals surface area (Å²) in [5, 5.41) is 0. The summed E-state index contributed by atoms with van der Waals surface area (Å²) in [5.74, 6) is 0.237. The van der Waals surface area contributed by atoms with Crippen molar-refractivity contribution in [2.45, 2.75) is 226 Å². The van der Waals surface area contributed by atoms with E-state index in [-0.39, 0.29) is 12.5 Å². The first-order chi connectivity index (χ1) is 20.5. The average Bonchev–Trinajstić information content (AvgIpc) is 2.96. The minimum absolute atomic E-state index is 0.135. The highest BCUT2D eigenvalue weighted by molar-refractivity contribution is 7.80. The zero-order valence-corrected chi connectivity index (χ0v) is 29.5. The van der Waals surface area contributed by atoms with Crippen LogP contribution in [0.1, 0.15) is 226 Å². The standard InChI is InChI=1S/C37H76O4S/c1-3-5-7-9-11-13-15-16-17-18-19-20-21-22-23-25-27-29-31-33-35-37(36-41-42(38,39)40)34-32-30-28-26-24-14-12-10-8-6-4-2/h37H,3-36H2,1-2H3,(H,38,39,40). The topological polar surface area (TPSA) is 63.6 Å². The Hall–Kier alpha value is -0.130. The molecule has 0 aromatic rings. The van der Waals surface area contributed by atoms with E-state index in [0.29, 0.717) is 0 Å². The first-order valence-corrected chi connectivity index (χ1v) is 20.5. The molecule has 0 saturated carbocycles. The molecule has 0 bridgehead atoms. The first kappa shape index (κ1) is 41.9. The van der Waals surface area contributed by atoms with Gasteiger partial charge in [0.15, 0.2) is 0 Å². The quantitative estimate of drug-likeness (QED) is 0.0562. The predicted octanol–water partition coefficient (Wildman–Crippen LogP) is 13.3. The third kappa shape index (κ3) is 36.1. The number of hydrogen-bond donors (Lipinski definition) is 1. The van der Waals surface area contributed by atoms with Gasteiger partial charge in [-0.2, -0.15) is 8.42 Å². The van der Waals surface area contributed by atoms with Crippen molar-refractivity contribution in [2.24, 2.45) is 5.92 Å². The summed E-state index contributed by atoms with van der Waals surface area (Å²) in [6.07, 6.45) is 44.2. The smallest absolute Gasteiger partial charge is 0.264 e. The van der Waals surface area contributed by atoms with Gasteiger partial charge in [0.1, 0.15) is 0 Å². The average molecular weight is 617 g/mol. The maximum Gasteiger partial charge on any atom is 0.397 e. The van der Waals surface area contributed by atoms with Crippen LogP contribution in [0, 0.1) is 5.92 Å². The minimum atomic E-state index is -4.34. The van der Waals surface area contributed by atoms with E-state index in [1.54, 1.807) is 0 Å². The van der Waals surface area contributed by atoms with Gasteiger partial charge in [-0.1, -0.05) is 213 Å². The van der Waals surface area contributed by atoms with Gasteiger partial charge in [0.05, 0.1) is 6.61 Å². The fourth-order valence-corrected chi connectivity index (χ4v) is 6.64. The van der Waals surface area contributed by atoms with Crippen molar-refractivity contribution >= 4 is 10.4 Å². The molecule has 1 unspecified atom stereocenters. The molecule has 0 amide bonds. The van der Waals surface area contributed by atoms with Crippen molar-refractivity contribution in [3.05, 3.63) is 0 Å². The lowest BCUT2D eigenvalue weighted by molar-refractivity contribution is 0.204. The molecule has 5 heteroatoms. The molecular formula is C37H76O4S. The molecule has 254 valence electrons. The summed E-state index contributed by atoms with van der Waals surface area (Å²) < 4.78 is 36.0. The highest BCUT2D eigenvalue weighted by Crippen LogP contribution is 2.21. The highest BCUT2D eigenvalue weighted by Gasteiger charge is 2.13. The molecule has 1 N–H and O–H groups in total. The molecular weight excluding hydrogens is 540 g/mol. The Kier molecular flexibility index (Phi) is 33.7. The van der Waals surface area contributed by atoms with Crippen molar-refractivity contribution < 1.29 is 17.2 Å². The Labute approximate surface area is 265 Å². The van der Waals surface area contributed by atoms with Gasteiger partial charge in [-0.3, -0.25) is 4.55 Å². The molecule has 0 spiro atoms.